The number of hydrogen-bond donors (Lipinski definition) is 2. The topological polar surface area (TPSA) is 102 Å². The summed E-state index contributed by atoms with van der Waals surface area (Å²) in [6.07, 6.45) is 0. The summed E-state index contributed by atoms with van der Waals surface area (Å²) in [5.41, 5.74) is 5.67. The van der Waals surface area contributed by atoms with Gasteiger partial charge in [0.15, 0.2) is 5.11 Å². The predicted molar refractivity (Wildman–Crippen MR) is 84.5 cm³/mol. The Kier molecular flexibility index (Phi) is 5.02. The van der Waals surface area contributed by atoms with Crippen molar-refractivity contribution >= 4 is 44.6 Å². The van der Waals surface area contributed by atoms with Gasteiger partial charge in [-0.25, -0.2) is 14.3 Å². The molecule has 7 nitrogen and oxygen atoms in total. The summed E-state index contributed by atoms with van der Waals surface area (Å²) in [6, 6.07) is 4.22. The summed E-state index contributed by atoms with van der Waals surface area (Å²) < 4.78 is 31.6. The highest BCUT2D eigenvalue weighted by atomic mass is 35.5. The highest BCUT2D eigenvalue weighted by molar-refractivity contribution is 7.89. The largest absolute Gasteiger partial charge is 0.379 e. The van der Waals surface area contributed by atoms with Gasteiger partial charge in [0.1, 0.15) is 0 Å². The van der Waals surface area contributed by atoms with Gasteiger partial charge < -0.3 is 10.5 Å². The predicted octanol–water partition coefficient (Wildman–Crippen LogP) is 0.285. The molecule has 4 N–H and O–H groups in total. The third kappa shape index (κ3) is 3.44. The summed E-state index contributed by atoms with van der Waals surface area (Å²) >= 11 is 10.8. The van der Waals surface area contributed by atoms with Gasteiger partial charge in [-0.05, 0) is 30.4 Å². The van der Waals surface area contributed by atoms with E-state index in [0.717, 1.165) is 5.01 Å². The van der Waals surface area contributed by atoms with Crippen LogP contribution in [0.15, 0.2) is 23.1 Å². The van der Waals surface area contributed by atoms with Crippen molar-refractivity contribution in [2.24, 2.45) is 11.6 Å². The molecule has 116 valence electrons. The Labute approximate surface area is 133 Å². The molecule has 1 saturated heterocycles. The number of morpholine rings is 1. The van der Waals surface area contributed by atoms with Crippen molar-refractivity contribution in [3.8, 4) is 0 Å². The molecule has 1 aliphatic heterocycles. The van der Waals surface area contributed by atoms with Crippen LogP contribution in [0.4, 0.5) is 5.69 Å². The van der Waals surface area contributed by atoms with Crippen LogP contribution in [-0.4, -0.2) is 44.1 Å². The average molecular weight is 351 g/mol. The molecule has 10 heteroatoms. The summed E-state index contributed by atoms with van der Waals surface area (Å²) in [6.45, 7) is 1.36. The van der Waals surface area contributed by atoms with E-state index in [4.69, 9.17) is 40.1 Å². The van der Waals surface area contributed by atoms with E-state index < -0.39 is 10.0 Å². The second-order valence-corrected chi connectivity index (χ2v) is 7.10. The van der Waals surface area contributed by atoms with Gasteiger partial charge in [-0.15, -0.1) is 0 Å². The van der Waals surface area contributed by atoms with Gasteiger partial charge in [-0.2, -0.15) is 4.31 Å². The lowest BCUT2D eigenvalue weighted by molar-refractivity contribution is 0.0730. The van der Waals surface area contributed by atoms with E-state index in [-0.39, 0.29) is 20.7 Å². The number of anilines is 1. The molecule has 0 saturated carbocycles. The Balaban J connectivity index is 2.40. The van der Waals surface area contributed by atoms with Crippen LogP contribution in [0.1, 0.15) is 0 Å². The van der Waals surface area contributed by atoms with Crippen LogP contribution >= 0.6 is 23.8 Å². The first-order valence-electron chi connectivity index (χ1n) is 6.06. The molecule has 0 spiro atoms. The normalized spacial score (nSPS) is 16.7. The number of hydrogen-bond acceptors (Lipinski definition) is 5. The van der Waals surface area contributed by atoms with Crippen molar-refractivity contribution in [1.82, 2.24) is 4.31 Å². The molecule has 1 heterocycles. The maximum atomic E-state index is 12.5. The molecule has 1 aromatic rings. The van der Waals surface area contributed by atoms with Crippen LogP contribution < -0.4 is 16.6 Å². The number of benzene rings is 1. The monoisotopic (exact) mass is 350 g/mol. The van der Waals surface area contributed by atoms with Gasteiger partial charge in [-0.1, -0.05) is 11.6 Å². The molecule has 0 bridgehead atoms. The molecule has 1 aromatic carbocycles. The van der Waals surface area contributed by atoms with E-state index in [1.165, 1.54) is 22.5 Å². The number of thiocarbonyl (C=S) groups is 1. The van der Waals surface area contributed by atoms with Gasteiger partial charge in [0.05, 0.1) is 28.8 Å². The average Bonchev–Trinajstić information content (AvgIpc) is 2.47. The second-order valence-electron chi connectivity index (χ2n) is 4.34. The summed E-state index contributed by atoms with van der Waals surface area (Å²) in [5, 5.41) is 1.11. The first kappa shape index (κ1) is 16.4. The quantitative estimate of drug-likeness (QED) is 0.458. The highest BCUT2D eigenvalue weighted by Gasteiger charge is 2.27. The molecule has 0 atom stereocenters. The zero-order valence-electron chi connectivity index (χ0n) is 11.0. The first-order valence-corrected chi connectivity index (χ1v) is 8.28. The molecule has 1 fully saturated rings. The number of halogens is 1. The zero-order chi connectivity index (χ0) is 15.6. The van der Waals surface area contributed by atoms with Crippen molar-refractivity contribution in [1.29, 1.82) is 0 Å². The minimum atomic E-state index is -3.63. The van der Waals surface area contributed by atoms with Gasteiger partial charge >= 0.3 is 0 Å². The number of ether oxygens (including phenoxy) is 1. The summed E-state index contributed by atoms with van der Waals surface area (Å²) in [7, 11) is -3.63. The zero-order valence-corrected chi connectivity index (χ0v) is 13.4. The van der Waals surface area contributed by atoms with Crippen LogP contribution in [0, 0.1) is 0 Å². The van der Waals surface area contributed by atoms with E-state index in [9.17, 15) is 8.42 Å². The van der Waals surface area contributed by atoms with Crippen LogP contribution in [0.5, 0.6) is 0 Å². The maximum absolute atomic E-state index is 12.5. The van der Waals surface area contributed by atoms with E-state index in [2.05, 4.69) is 0 Å². The minimum absolute atomic E-state index is 0.0792. The number of hydrazine groups is 1. The molecule has 2 rings (SSSR count). The van der Waals surface area contributed by atoms with Gasteiger partial charge in [0.25, 0.3) is 0 Å². The number of nitrogens with zero attached hydrogens (tertiary/aromatic N) is 2. The lowest BCUT2D eigenvalue weighted by Gasteiger charge is -2.26. The standard InChI is InChI=1S/C11H15ClN4O3S2/c12-9-2-1-8(7-10(9)16(14)11(13)20)21(17,18)15-3-5-19-6-4-15/h1-2,7H,3-6,14H2,(H2,13,20). The van der Waals surface area contributed by atoms with Crippen molar-refractivity contribution in [3.05, 3.63) is 23.2 Å². The molecule has 1 aliphatic rings. The van der Waals surface area contributed by atoms with Gasteiger partial charge in [0.2, 0.25) is 10.0 Å². The van der Waals surface area contributed by atoms with Crippen molar-refractivity contribution in [3.63, 3.8) is 0 Å². The van der Waals surface area contributed by atoms with Crippen LogP contribution in [-0.2, 0) is 14.8 Å². The Morgan fingerprint density at radius 1 is 1.38 bits per heavy atom. The van der Waals surface area contributed by atoms with Crippen molar-refractivity contribution in [2.45, 2.75) is 4.90 Å². The summed E-state index contributed by atoms with van der Waals surface area (Å²) in [5.74, 6) is 5.68. The van der Waals surface area contributed by atoms with E-state index >= 15 is 0 Å². The summed E-state index contributed by atoms with van der Waals surface area (Å²) in [4.78, 5) is 0.0792. The number of sulfonamides is 1. The first-order chi connectivity index (χ1) is 9.84. The molecule has 21 heavy (non-hydrogen) atoms. The fourth-order valence-electron chi connectivity index (χ4n) is 1.89. The van der Waals surface area contributed by atoms with Crippen LogP contribution in [0.3, 0.4) is 0 Å². The Hall–Kier alpha value is -0.970. The lowest BCUT2D eigenvalue weighted by atomic mass is 10.3. The fourth-order valence-corrected chi connectivity index (χ4v) is 3.63. The molecule has 0 aliphatic carbocycles. The smallest absolute Gasteiger partial charge is 0.243 e. The minimum Gasteiger partial charge on any atom is -0.379 e. The second kappa shape index (κ2) is 6.42. The molecule has 0 amide bonds. The molecular formula is C11H15ClN4O3S2. The molecule has 0 aromatic heterocycles. The SMILES string of the molecule is NC(=S)N(N)c1cc(S(=O)(=O)N2CCOCC2)ccc1Cl. The van der Waals surface area contributed by atoms with Gasteiger partial charge in [0, 0.05) is 13.1 Å². The van der Waals surface area contributed by atoms with E-state index in [1.807, 2.05) is 0 Å². The third-order valence-electron chi connectivity index (χ3n) is 3.02. The molecule has 0 unspecified atom stereocenters. The Morgan fingerprint density at radius 2 is 2.00 bits per heavy atom. The van der Waals surface area contributed by atoms with E-state index in [0.29, 0.717) is 26.3 Å². The van der Waals surface area contributed by atoms with E-state index in [1.54, 1.807) is 0 Å². The number of nitrogens with two attached hydrogens (primary N) is 2. The fraction of sp³-hybridized carbons (Fsp3) is 0.364. The molecular weight excluding hydrogens is 336 g/mol. The number of rotatable bonds is 3. The van der Waals surface area contributed by atoms with Crippen molar-refractivity contribution in [2.75, 3.05) is 31.3 Å². The van der Waals surface area contributed by atoms with Crippen LogP contribution in [0.2, 0.25) is 5.02 Å². The van der Waals surface area contributed by atoms with Gasteiger partial charge in [-0.3, -0.25) is 5.01 Å². The third-order valence-corrected chi connectivity index (χ3v) is 5.43. The highest BCUT2D eigenvalue weighted by Crippen LogP contribution is 2.28. The van der Waals surface area contributed by atoms with Crippen molar-refractivity contribution < 1.29 is 13.2 Å². The maximum Gasteiger partial charge on any atom is 0.243 e. The Bertz CT molecular complexity index is 647. The molecule has 0 radical (unpaired) electrons. The Morgan fingerprint density at radius 3 is 2.57 bits per heavy atom. The lowest BCUT2D eigenvalue weighted by Crippen LogP contribution is -2.42. The van der Waals surface area contributed by atoms with Crippen LogP contribution in [0.25, 0.3) is 0 Å².